The van der Waals surface area contributed by atoms with Gasteiger partial charge in [-0.1, -0.05) is 29.3 Å². The molecule has 2 heterocycles. The second-order valence-corrected chi connectivity index (χ2v) is 10.4. The lowest BCUT2D eigenvalue weighted by molar-refractivity contribution is -0.118. The van der Waals surface area contributed by atoms with Crippen molar-refractivity contribution < 1.29 is 13.2 Å². The van der Waals surface area contributed by atoms with Gasteiger partial charge in [0.25, 0.3) is 5.56 Å². The van der Waals surface area contributed by atoms with E-state index in [-0.39, 0.29) is 21.8 Å². The maximum absolute atomic E-state index is 13.1. The first-order valence-electron chi connectivity index (χ1n) is 10.2. The molecule has 2 aromatic heterocycles. The molecule has 4 rings (SSSR count). The van der Waals surface area contributed by atoms with Crippen LogP contribution in [0.5, 0.6) is 0 Å². The first kappa shape index (κ1) is 24.6. The van der Waals surface area contributed by atoms with Crippen molar-refractivity contribution in [3.8, 4) is 5.69 Å². The van der Waals surface area contributed by atoms with Crippen LogP contribution in [-0.2, 0) is 14.6 Å². The third kappa shape index (κ3) is 5.00. The molecule has 0 saturated carbocycles. The van der Waals surface area contributed by atoms with Gasteiger partial charge >= 0.3 is 0 Å². The number of carbonyl (C=O) groups excluding carboxylic acids is 1. The van der Waals surface area contributed by atoms with Gasteiger partial charge in [0.15, 0.2) is 9.84 Å². The highest BCUT2D eigenvalue weighted by molar-refractivity contribution is 7.92. The van der Waals surface area contributed by atoms with Gasteiger partial charge < -0.3 is 10.6 Å². The third-order valence-electron chi connectivity index (χ3n) is 5.18. The normalized spacial score (nSPS) is 11.4. The van der Waals surface area contributed by atoms with Crippen molar-refractivity contribution in [1.82, 2.24) is 19.9 Å². The summed E-state index contributed by atoms with van der Waals surface area (Å²) in [6.07, 6.45) is 3.02. The van der Waals surface area contributed by atoms with Crippen molar-refractivity contribution >= 4 is 61.5 Å². The number of rotatable bonds is 6. The summed E-state index contributed by atoms with van der Waals surface area (Å²) >= 11 is 12.6. The monoisotopic (exact) mass is 531 g/mol. The summed E-state index contributed by atoms with van der Waals surface area (Å²) < 4.78 is 26.0. The van der Waals surface area contributed by atoms with E-state index in [1.807, 2.05) is 0 Å². The highest BCUT2D eigenvalue weighted by Gasteiger charge is 2.19. The zero-order valence-electron chi connectivity index (χ0n) is 18.5. The molecule has 9 nitrogen and oxygen atoms in total. The van der Waals surface area contributed by atoms with Crippen LogP contribution in [0.4, 0.5) is 11.6 Å². The fourth-order valence-corrected chi connectivity index (χ4v) is 5.22. The van der Waals surface area contributed by atoms with Crippen molar-refractivity contribution in [3.05, 3.63) is 80.8 Å². The number of aryl methyl sites for hydroxylation is 1. The molecule has 0 fully saturated rings. The van der Waals surface area contributed by atoms with Gasteiger partial charge in [0.2, 0.25) is 11.9 Å². The Bertz CT molecular complexity index is 1600. The molecule has 0 aliphatic carbocycles. The van der Waals surface area contributed by atoms with Crippen molar-refractivity contribution in [2.75, 3.05) is 18.1 Å². The van der Waals surface area contributed by atoms with Crippen molar-refractivity contribution in [2.45, 2.75) is 11.8 Å². The molecule has 0 radical (unpaired) electrons. The highest BCUT2D eigenvalue weighted by atomic mass is 35.5. The number of nitrogens with zero attached hydrogens (tertiary/aromatic N) is 3. The van der Waals surface area contributed by atoms with Crippen LogP contribution in [0.1, 0.15) is 5.56 Å². The SMILES string of the molecule is CNC(=O)CS(=O)(=O)c1ccc(Nc2ncc3c(=O)n(-c4c(Cl)cccc4Cl)cc(C)c3n2)cc1. The zero-order chi connectivity index (χ0) is 25.3. The molecule has 0 aliphatic heterocycles. The molecule has 35 heavy (non-hydrogen) atoms. The molecular weight excluding hydrogens is 513 g/mol. The van der Waals surface area contributed by atoms with E-state index >= 15 is 0 Å². The van der Waals surface area contributed by atoms with E-state index in [9.17, 15) is 18.0 Å². The lowest BCUT2D eigenvalue weighted by Gasteiger charge is -2.13. The van der Waals surface area contributed by atoms with Gasteiger partial charge in [-0.15, -0.1) is 0 Å². The molecule has 0 unspecified atom stereocenters. The van der Waals surface area contributed by atoms with Crippen LogP contribution in [0.3, 0.4) is 0 Å². The van der Waals surface area contributed by atoms with E-state index in [1.165, 1.54) is 42.1 Å². The second kappa shape index (κ2) is 9.65. The molecular formula is C23H19Cl2N5O4S. The number of pyridine rings is 1. The Hall–Kier alpha value is -3.47. The van der Waals surface area contributed by atoms with Crippen LogP contribution < -0.4 is 16.2 Å². The minimum absolute atomic E-state index is 0.0145. The summed E-state index contributed by atoms with van der Waals surface area (Å²) in [6.45, 7) is 1.80. The number of sulfone groups is 1. The summed E-state index contributed by atoms with van der Waals surface area (Å²) in [5.74, 6) is -1.02. The fraction of sp³-hybridized carbons (Fsp3) is 0.130. The minimum atomic E-state index is -3.76. The molecule has 0 bridgehead atoms. The Morgan fingerprint density at radius 2 is 1.74 bits per heavy atom. The summed E-state index contributed by atoms with van der Waals surface area (Å²) in [6, 6.07) is 10.8. The van der Waals surface area contributed by atoms with Gasteiger partial charge in [-0.05, 0) is 48.9 Å². The topological polar surface area (TPSA) is 123 Å². The number of hydrogen-bond acceptors (Lipinski definition) is 7. The summed E-state index contributed by atoms with van der Waals surface area (Å²) in [5, 5.41) is 6.23. The highest BCUT2D eigenvalue weighted by Crippen LogP contribution is 2.28. The number of benzene rings is 2. The number of amides is 1. The number of anilines is 2. The van der Waals surface area contributed by atoms with E-state index in [2.05, 4.69) is 20.6 Å². The van der Waals surface area contributed by atoms with Crippen LogP contribution in [0.2, 0.25) is 10.0 Å². The second-order valence-electron chi connectivity index (χ2n) is 7.60. The van der Waals surface area contributed by atoms with Gasteiger partial charge in [-0.2, -0.15) is 0 Å². The first-order valence-corrected chi connectivity index (χ1v) is 12.7. The van der Waals surface area contributed by atoms with Gasteiger partial charge in [-0.3, -0.25) is 14.2 Å². The summed E-state index contributed by atoms with van der Waals surface area (Å²) in [4.78, 5) is 33.3. The van der Waals surface area contributed by atoms with Gasteiger partial charge in [0.05, 0.1) is 31.5 Å². The van der Waals surface area contributed by atoms with Crippen LogP contribution in [0.25, 0.3) is 16.6 Å². The molecule has 0 saturated heterocycles. The zero-order valence-corrected chi connectivity index (χ0v) is 20.9. The number of hydrogen-bond donors (Lipinski definition) is 2. The number of aromatic nitrogens is 3. The van der Waals surface area contributed by atoms with Crippen LogP contribution >= 0.6 is 23.2 Å². The fourth-order valence-electron chi connectivity index (χ4n) is 3.43. The van der Waals surface area contributed by atoms with Crippen LogP contribution in [0, 0.1) is 6.92 Å². The number of para-hydroxylation sites is 1. The first-order chi connectivity index (χ1) is 16.6. The largest absolute Gasteiger partial charge is 0.358 e. The molecule has 4 aromatic rings. The predicted octanol–water partition coefficient (Wildman–Crippen LogP) is 3.66. The van der Waals surface area contributed by atoms with Gasteiger partial charge in [0, 0.05) is 25.1 Å². The Morgan fingerprint density at radius 3 is 2.37 bits per heavy atom. The van der Waals surface area contributed by atoms with Crippen LogP contribution in [-0.4, -0.2) is 41.7 Å². The molecule has 180 valence electrons. The molecule has 1 amide bonds. The average Bonchev–Trinajstić information content (AvgIpc) is 2.82. The van der Waals surface area contributed by atoms with Crippen LogP contribution in [0.15, 0.2) is 64.5 Å². The maximum Gasteiger partial charge on any atom is 0.266 e. The number of nitrogens with one attached hydrogen (secondary N) is 2. The number of carbonyl (C=O) groups is 1. The standard InChI is InChI=1S/C23H19Cl2N5O4S/c1-13-11-30(21-17(24)4-3-5-18(21)25)22(32)16-10-27-23(29-20(13)16)28-14-6-8-15(9-7-14)35(33,34)12-19(31)26-2/h3-11H,12H2,1-2H3,(H,26,31)(H,27,28,29). The molecule has 0 atom stereocenters. The quantitative estimate of drug-likeness (QED) is 0.389. The maximum atomic E-state index is 13.1. The summed E-state index contributed by atoms with van der Waals surface area (Å²) in [5.41, 5.74) is 1.66. The minimum Gasteiger partial charge on any atom is -0.358 e. The van der Waals surface area contributed by atoms with E-state index in [0.717, 1.165) is 0 Å². The third-order valence-corrected chi connectivity index (χ3v) is 7.42. The summed E-state index contributed by atoms with van der Waals surface area (Å²) in [7, 11) is -2.39. The lowest BCUT2D eigenvalue weighted by Crippen LogP contribution is -2.26. The molecule has 2 aromatic carbocycles. The smallest absolute Gasteiger partial charge is 0.266 e. The number of halogens is 2. The average molecular weight is 532 g/mol. The van der Waals surface area contributed by atoms with E-state index in [1.54, 1.807) is 31.3 Å². The lowest BCUT2D eigenvalue weighted by atomic mass is 10.2. The van der Waals surface area contributed by atoms with Crippen molar-refractivity contribution in [1.29, 1.82) is 0 Å². The number of fused-ring (bicyclic) bond motifs is 1. The van der Waals surface area contributed by atoms with E-state index < -0.39 is 21.5 Å². The Morgan fingerprint density at radius 1 is 1.09 bits per heavy atom. The van der Waals surface area contributed by atoms with Crippen molar-refractivity contribution in [3.63, 3.8) is 0 Å². The van der Waals surface area contributed by atoms with Gasteiger partial charge in [-0.25, -0.2) is 18.4 Å². The Kier molecular flexibility index (Phi) is 6.79. The molecule has 12 heteroatoms. The molecule has 0 spiro atoms. The molecule has 0 aliphatic rings. The van der Waals surface area contributed by atoms with E-state index in [0.29, 0.717) is 32.5 Å². The van der Waals surface area contributed by atoms with E-state index in [4.69, 9.17) is 23.2 Å². The Balaban J connectivity index is 1.65. The van der Waals surface area contributed by atoms with Crippen molar-refractivity contribution in [2.24, 2.45) is 0 Å². The molecule has 2 N–H and O–H groups in total. The Labute approximate surface area is 210 Å². The van der Waals surface area contributed by atoms with Gasteiger partial charge in [0.1, 0.15) is 5.75 Å². The predicted molar refractivity (Wildman–Crippen MR) is 136 cm³/mol.